The molecule has 21 heavy (non-hydrogen) atoms. The number of nitrogens with one attached hydrogen (secondary N) is 1. The van der Waals surface area contributed by atoms with Crippen LogP contribution in [0.25, 0.3) is 0 Å². The average molecular weight is 301 g/mol. The van der Waals surface area contributed by atoms with Gasteiger partial charge in [0.05, 0.1) is 0 Å². The molecular weight excluding hydrogens is 280 g/mol. The van der Waals surface area contributed by atoms with E-state index in [0.717, 1.165) is 17.9 Å². The van der Waals surface area contributed by atoms with Crippen LogP contribution in [-0.4, -0.2) is 12.0 Å². The summed E-state index contributed by atoms with van der Waals surface area (Å²) in [5, 5.41) is 4.31. The lowest BCUT2D eigenvalue weighted by molar-refractivity contribution is 0.416. The third-order valence-electron chi connectivity index (χ3n) is 4.44. The predicted molar refractivity (Wildman–Crippen MR) is 87.9 cm³/mol. The lowest BCUT2D eigenvalue weighted by Crippen LogP contribution is -2.27. The van der Waals surface area contributed by atoms with E-state index in [4.69, 9.17) is 11.6 Å². The summed E-state index contributed by atoms with van der Waals surface area (Å²) in [6.07, 6.45) is 5.41. The molecule has 0 saturated carbocycles. The molecule has 2 atom stereocenters. The second-order valence-corrected chi connectivity index (χ2v) is 6.25. The normalized spacial score (nSPS) is 19.1. The molecule has 0 radical (unpaired) electrons. The molecule has 1 heterocycles. The van der Waals surface area contributed by atoms with Crippen LogP contribution in [0, 0.1) is 6.92 Å². The summed E-state index contributed by atoms with van der Waals surface area (Å²) in [4.78, 5) is 4.66. The van der Waals surface area contributed by atoms with Gasteiger partial charge in [-0.2, -0.15) is 0 Å². The molecule has 1 aliphatic carbocycles. The van der Waals surface area contributed by atoms with E-state index < -0.39 is 0 Å². The number of aryl methyl sites for hydroxylation is 2. The van der Waals surface area contributed by atoms with Crippen LogP contribution in [0.2, 0.25) is 5.02 Å². The van der Waals surface area contributed by atoms with E-state index in [-0.39, 0.29) is 6.04 Å². The van der Waals surface area contributed by atoms with Crippen molar-refractivity contribution in [2.45, 2.75) is 38.1 Å². The van der Waals surface area contributed by atoms with E-state index >= 15 is 0 Å². The van der Waals surface area contributed by atoms with Crippen molar-refractivity contribution in [1.29, 1.82) is 0 Å². The van der Waals surface area contributed by atoms with E-state index in [1.807, 2.05) is 25.4 Å². The van der Waals surface area contributed by atoms with E-state index in [1.165, 1.54) is 28.8 Å². The minimum atomic E-state index is 0.215. The molecule has 1 aliphatic rings. The SMILES string of the molecule is CNC(c1ccc(C)cc1Cl)C1CCCc2cccnc21. The monoisotopic (exact) mass is 300 g/mol. The summed E-state index contributed by atoms with van der Waals surface area (Å²) < 4.78 is 0. The molecule has 2 aromatic rings. The zero-order valence-corrected chi connectivity index (χ0v) is 13.3. The van der Waals surface area contributed by atoms with Crippen LogP contribution in [0.3, 0.4) is 0 Å². The van der Waals surface area contributed by atoms with Crippen molar-refractivity contribution < 1.29 is 0 Å². The number of halogens is 1. The number of benzene rings is 1. The van der Waals surface area contributed by atoms with E-state index in [9.17, 15) is 0 Å². The third kappa shape index (κ3) is 2.83. The molecule has 0 saturated heterocycles. The highest BCUT2D eigenvalue weighted by atomic mass is 35.5. The second-order valence-electron chi connectivity index (χ2n) is 5.84. The Hall–Kier alpha value is -1.38. The van der Waals surface area contributed by atoms with E-state index in [0.29, 0.717) is 5.92 Å². The van der Waals surface area contributed by atoms with Crippen molar-refractivity contribution in [3.63, 3.8) is 0 Å². The maximum absolute atomic E-state index is 6.49. The second kappa shape index (κ2) is 6.17. The van der Waals surface area contributed by atoms with Gasteiger partial charge in [0.1, 0.15) is 0 Å². The maximum Gasteiger partial charge on any atom is 0.0485 e. The number of aromatic nitrogens is 1. The van der Waals surface area contributed by atoms with E-state index in [1.54, 1.807) is 0 Å². The van der Waals surface area contributed by atoms with Crippen molar-refractivity contribution in [1.82, 2.24) is 10.3 Å². The molecule has 0 spiro atoms. The summed E-state index contributed by atoms with van der Waals surface area (Å²) in [6, 6.07) is 10.8. The van der Waals surface area contributed by atoms with Gasteiger partial charge < -0.3 is 5.32 Å². The maximum atomic E-state index is 6.49. The Kier molecular flexibility index (Phi) is 4.27. The molecule has 0 amide bonds. The van der Waals surface area contributed by atoms with Gasteiger partial charge in [0.2, 0.25) is 0 Å². The van der Waals surface area contributed by atoms with Crippen LogP contribution in [0.4, 0.5) is 0 Å². The van der Waals surface area contributed by atoms with Crippen molar-refractivity contribution in [2.24, 2.45) is 0 Å². The molecule has 2 nitrogen and oxygen atoms in total. The molecule has 0 fully saturated rings. The largest absolute Gasteiger partial charge is 0.312 e. The number of fused-ring (bicyclic) bond motifs is 1. The van der Waals surface area contributed by atoms with Gasteiger partial charge in [-0.25, -0.2) is 0 Å². The molecule has 0 aliphatic heterocycles. The highest BCUT2D eigenvalue weighted by molar-refractivity contribution is 6.31. The first-order valence-corrected chi connectivity index (χ1v) is 7.95. The third-order valence-corrected chi connectivity index (χ3v) is 4.77. The van der Waals surface area contributed by atoms with Crippen LogP contribution in [0.1, 0.15) is 47.2 Å². The first kappa shape index (κ1) is 14.6. The van der Waals surface area contributed by atoms with Gasteiger partial charge in [0, 0.05) is 28.9 Å². The quantitative estimate of drug-likeness (QED) is 0.907. The highest BCUT2D eigenvalue weighted by Gasteiger charge is 2.30. The summed E-state index contributed by atoms with van der Waals surface area (Å²) in [6.45, 7) is 2.07. The lowest BCUT2D eigenvalue weighted by atomic mass is 9.79. The minimum Gasteiger partial charge on any atom is -0.312 e. The van der Waals surface area contributed by atoms with Crippen molar-refractivity contribution in [3.8, 4) is 0 Å². The van der Waals surface area contributed by atoms with Gasteiger partial charge in [0.25, 0.3) is 0 Å². The summed E-state index contributed by atoms with van der Waals surface area (Å²) in [5.74, 6) is 0.389. The van der Waals surface area contributed by atoms with Crippen LogP contribution >= 0.6 is 11.6 Å². The fraction of sp³-hybridized carbons (Fsp3) is 0.389. The van der Waals surface area contributed by atoms with Gasteiger partial charge in [-0.1, -0.05) is 29.8 Å². The Bertz CT molecular complexity index is 639. The summed E-state index contributed by atoms with van der Waals surface area (Å²) in [7, 11) is 2.01. The standard InChI is InChI=1S/C18H21ClN2/c1-12-8-9-14(16(19)11-12)18(20-2)15-7-3-5-13-6-4-10-21-17(13)15/h4,6,8-11,15,18,20H,3,5,7H2,1-2H3. The highest BCUT2D eigenvalue weighted by Crippen LogP contribution is 2.41. The van der Waals surface area contributed by atoms with Gasteiger partial charge in [-0.05, 0) is 62.1 Å². The van der Waals surface area contributed by atoms with Gasteiger partial charge in [-0.15, -0.1) is 0 Å². The number of likely N-dealkylation sites (N-methyl/N-ethyl adjacent to an activating group) is 1. The number of pyridine rings is 1. The Morgan fingerprint density at radius 2 is 2.19 bits per heavy atom. The smallest absolute Gasteiger partial charge is 0.0485 e. The fourth-order valence-corrected chi connectivity index (χ4v) is 3.78. The molecular formula is C18H21ClN2. The molecule has 110 valence electrons. The Labute approximate surface area is 131 Å². The van der Waals surface area contributed by atoms with Crippen LogP contribution in [0.15, 0.2) is 36.5 Å². The predicted octanol–water partition coefficient (Wildman–Crippen LogP) is 4.42. The van der Waals surface area contributed by atoms with Crippen molar-refractivity contribution >= 4 is 11.6 Å². The topological polar surface area (TPSA) is 24.9 Å². The van der Waals surface area contributed by atoms with Crippen LogP contribution < -0.4 is 5.32 Å². The Morgan fingerprint density at radius 1 is 1.33 bits per heavy atom. The fourth-order valence-electron chi connectivity index (χ4n) is 3.43. The minimum absolute atomic E-state index is 0.215. The molecule has 0 bridgehead atoms. The van der Waals surface area contributed by atoms with E-state index in [2.05, 4.69) is 35.4 Å². The zero-order chi connectivity index (χ0) is 14.8. The molecule has 2 unspecified atom stereocenters. The number of hydrogen-bond acceptors (Lipinski definition) is 2. The number of rotatable bonds is 3. The van der Waals surface area contributed by atoms with Crippen molar-refractivity contribution in [3.05, 3.63) is 63.9 Å². The van der Waals surface area contributed by atoms with Gasteiger partial charge in [-0.3, -0.25) is 4.98 Å². The lowest BCUT2D eigenvalue weighted by Gasteiger charge is -2.32. The average Bonchev–Trinajstić information content (AvgIpc) is 2.50. The molecule has 1 aromatic carbocycles. The number of nitrogens with zero attached hydrogens (tertiary/aromatic N) is 1. The first-order chi connectivity index (χ1) is 10.2. The van der Waals surface area contributed by atoms with Crippen molar-refractivity contribution in [2.75, 3.05) is 7.05 Å². The zero-order valence-electron chi connectivity index (χ0n) is 12.6. The Morgan fingerprint density at radius 3 is 2.95 bits per heavy atom. The van der Waals surface area contributed by atoms with Gasteiger partial charge >= 0.3 is 0 Å². The molecule has 3 rings (SSSR count). The summed E-state index contributed by atoms with van der Waals surface area (Å²) >= 11 is 6.49. The van der Waals surface area contributed by atoms with Gasteiger partial charge in [0.15, 0.2) is 0 Å². The number of hydrogen-bond donors (Lipinski definition) is 1. The summed E-state index contributed by atoms with van der Waals surface area (Å²) in [5.41, 5.74) is 4.99. The Balaban J connectivity index is 2.01. The first-order valence-electron chi connectivity index (χ1n) is 7.58. The van der Waals surface area contributed by atoms with Crippen LogP contribution in [-0.2, 0) is 6.42 Å². The molecule has 1 N–H and O–H groups in total. The molecule has 1 aromatic heterocycles. The molecule has 3 heteroatoms. The van der Waals surface area contributed by atoms with Crippen LogP contribution in [0.5, 0.6) is 0 Å².